The first-order valence-corrected chi connectivity index (χ1v) is 8.30. The van der Waals surface area contributed by atoms with Gasteiger partial charge in [0.1, 0.15) is 0 Å². The summed E-state index contributed by atoms with van der Waals surface area (Å²) in [4.78, 5) is 26.8. The zero-order chi connectivity index (χ0) is 17.3. The first-order chi connectivity index (χ1) is 11.5. The number of carbonyl (C=O) groups is 2. The van der Waals surface area contributed by atoms with Crippen molar-refractivity contribution in [3.05, 3.63) is 76.8 Å². The number of benzene rings is 2. The topological polar surface area (TPSA) is 57.6 Å². The van der Waals surface area contributed by atoms with Crippen LogP contribution in [-0.2, 0) is 10.4 Å². The van der Waals surface area contributed by atoms with E-state index in [1.54, 1.807) is 48.5 Å². The minimum atomic E-state index is -1.85. The summed E-state index contributed by atoms with van der Waals surface area (Å²) in [6, 6.07) is 13.9. The summed E-state index contributed by atoms with van der Waals surface area (Å²) in [7, 11) is 0. The maximum atomic E-state index is 12.8. The molecule has 1 heterocycles. The van der Waals surface area contributed by atoms with Crippen LogP contribution in [-0.4, -0.2) is 23.3 Å². The van der Waals surface area contributed by atoms with Gasteiger partial charge < -0.3 is 10.0 Å². The van der Waals surface area contributed by atoms with Gasteiger partial charge in [0.05, 0.1) is 12.1 Å². The smallest absolute Gasteiger partial charge is 0.264 e. The van der Waals surface area contributed by atoms with Gasteiger partial charge in [-0.1, -0.05) is 52.3 Å². The highest BCUT2D eigenvalue weighted by Gasteiger charge is 2.50. The fourth-order valence-electron chi connectivity index (χ4n) is 2.98. The Hall–Kier alpha value is -2.24. The van der Waals surface area contributed by atoms with Gasteiger partial charge in [-0.25, -0.2) is 0 Å². The molecule has 0 spiro atoms. The molecule has 0 unspecified atom stereocenters. The molecule has 122 valence electrons. The van der Waals surface area contributed by atoms with E-state index in [1.807, 2.05) is 6.07 Å². The third kappa shape index (κ3) is 2.70. The number of halogens is 1. The highest BCUT2D eigenvalue weighted by atomic mass is 79.9. The summed E-state index contributed by atoms with van der Waals surface area (Å²) in [6.07, 6.45) is 1.30. The molecular formula is C19H16BrNO3. The van der Waals surface area contributed by atoms with Crippen molar-refractivity contribution >= 4 is 33.3 Å². The van der Waals surface area contributed by atoms with Crippen molar-refractivity contribution in [2.24, 2.45) is 0 Å². The fraction of sp³-hybridized carbons (Fsp3) is 0.158. The number of anilines is 1. The molecule has 0 aromatic heterocycles. The molecule has 1 N–H and O–H groups in total. The summed E-state index contributed by atoms with van der Waals surface area (Å²) in [5, 5.41) is 11.1. The number of carbonyl (C=O) groups excluding carboxylic acids is 2. The van der Waals surface area contributed by atoms with Gasteiger partial charge in [0.15, 0.2) is 11.4 Å². The molecule has 1 amide bonds. The molecule has 1 aliphatic heterocycles. The predicted molar refractivity (Wildman–Crippen MR) is 96.0 cm³/mol. The summed E-state index contributed by atoms with van der Waals surface area (Å²) < 4.78 is 0.770. The lowest BCUT2D eigenvalue weighted by molar-refractivity contribution is -0.135. The Morgan fingerprint density at radius 1 is 1.25 bits per heavy atom. The third-order valence-corrected chi connectivity index (χ3v) is 4.61. The number of hydrogen-bond donors (Lipinski definition) is 1. The Labute approximate surface area is 148 Å². The Morgan fingerprint density at radius 2 is 2.00 bits per heavy atom. The van der Waals surface area contributed by atoms with E-state index in [4.69, 9.17) is 0 Å². The Balaban J connectivity index is 1.98. The van der Waals surface area contributed by atoms with Gasteiger partial charge in [-0.2, -0.15) is 0 Å². The van der Waals surface area contributed by atoms with Crippen molar-refractivity contribution in [2.45, 2.75) is 12.0 Å². The van der Waals surface area contributed by atoms with Crippen LogP contribution in [0.15, 0.2) is 65.7 Å². The minimum Gasteiger partial charge on any atom is -0.375 e. The molecule has 2 aromatic rings. The largest absolute Gasteiger partial charge is 0.375 e. The predicted octanol–water partition coefficient (Wildman–Crippen LogP) is 3.44. The van der Waals surface area contributed by atoms with Crippen LogP contribution in [0.2, 0.25) is 0 Å². The summed E-state index contributed by atoms with van der Waals surface area (Å²) in [6.45, 7) is 3.93. The normalized spacial score (nSPS) is 19.2. The molecule has 0 bridgehead atoms. The number of ketones is 1. The molecule has 0 radical (unpaired) electrons. The Kier molecular flexibility index (Phi) is 4.39. The summed E-state index contributed by atoms with van der Waals surface area (Å²) >= 11 is 3.32. The van der Waals surface area contributed by atoms with Gasteiger partial charge >= 0.3 is 0 Å². The van der Waals surface area contributed by atoms with Crippen LogP contribution in [0.25, 0.3) is 0 Å². The van der Waals surface area contributed by atoms with Crippen LogP contribution in [0, 0.1) is 0 Å². The third-order valence-electron chi connectivity index (χ3n) is 4.11. The molecule has 4 nitrogen and oxygen atoms in total. The maximum absolute atomic E-state index is 12.8. The highest BCUT2D eigenvalue weighted by Crippen LogP contribution is 2.42. The van der Waals surface area contributed by atoms with E-state index in [0.717, 1.165) is 4.47 Å². The van der Waals surface area contributed by atoms with Crippen molar-refractivity contribution in [1.29, 1.82) is 0 Å². The van der Waals surface area contributed by atoms with Crippen LogP contribution >= 0.6 is 15.9 Å². The summed E-state index contributed by atoms with van der Waals surface area (Å²) in [5.41, 5.74) is -0.323. The SMILES string of the molecule is C=CCN1C(=O)[C@@](O)(CC(=O)c2cccc(Br)c2)c2ccccc21. The lowest BCUT2D eigenvalue weighted by atomic mass is 9.88. The number of hydrogen-bond acceptors (Lipinski definition) is 3. The van der Waals surface area contributed by atoms with Gasteiger partial charge in [-0.05, 0) is 18.2 Å². The lowest BCUT2D eigenvalue weighted by Crippen LogP contribution is -2.41. The van der Waals surface area contributed by atoms with E-state index >= 15 is 0 Å². The molecule has 5 heteroatoms. The van der Waals surface area contributed by atoms with Crippen molar-refractivity contribution in [3.63, 3.8) is 0 Å². The first kappa shape index (κ1) is 16.6. The average Bonchev–Trinajstić information content (AvgIpc) is 2.78. The van der Waals surface area contributed by atoms with Crippen LogP contribution in [0.4, 0.5) is 5.69 Å². The molecule has 0 saturated heterocycles. The van der Waals surface area contributed by atoms with E-state index in [9.17, 15) is 14.7 Å². The molecule has 0 saturated carbocycles. The molecule has 3 rings (SSSR count). The van der Waals surface area contributed by atoms with E-state index in [0.29, 0.717) is 16.8 Å². The molecule has 1 atom stereocenters. The Morgan fingerprint density at radius 3 is 2.71 bits per heavy atom. The average molecular weight is 386 g/mol. The molecule has 1 aliphatic rings. The Bertz CT molecular complexity index is 833. The number of aliphatic hydroxyl groups is 1. The minimum absolute atomic E-state index is 0.281. The van der Waals surface area contributed by atoms with Crippen LogP contribution in [0.1, 0.15) is 22.3 Å². The second kappa shape index (κ2) is 6.34. The van der Waals surface area contributed by atoms with Crippen LogP contribution < -0.4 is 4.90 Å². The van der Waals surface area contributed by atoms with Gasteiger partial charge in [-0.3, -0.25) is 9.59 Å². The molecule has 2 aromatic carbocycles. The lowest BCUT2D eigenvalue weighted by Gasteiger charge is -2.22. The number of Topliss-reactive ketones (excluding diaryl/α,β-unsaturated/α-hetero) is 1. The maximum Gasteiger partial charge on any atom is 0.264 e. The second-order valence-electron chi connectivity index (χ2n) is 5.69. The number of amides is 1. The molecule has 0 aliphatic carbocycles. The van der Waals surface area contributed by atoms with E-state index in [1.165, 1.54) is 4.90 Å². The van der Waals surface area contributed by atoms with Gasteiger partial charge in [0.2, 0.25) is 0 Å². The number of nitrogens with zero attached hydrogens (tertiary/aromatic N) is 1. The van der Waals surface area contributed by atoms with E-state index in [-0.39, 0.29) is 18.7 Å². The van der Waals surface area contributed by atoms with Crippen LogP contribution in [0.3, 0.4) is 0 Å². The quantitative estimate of drug-likeness (QED) is 0.633. The van der Waals surface area contributed by atoms with Crippen molar-refractivity contribution in [3.8, 4) is 0 Å². The second-order valence-corrected chi connectivity index (χ2v) is 6.61. The fourth-order valence-corrected chi connectivity index (χ4v) is 3.38. The standard InChI is InChI=1S/C19H16BrNO3/c1-2-10-21-16-9-4-3-8-15(16)19(24,18(21)23)12-17(22)13-6-5-7-14(20)11-13/h2-9,11,24H,1,10,12H2/t19-/m1/s1. The number of fused-ring (bicyclic) bond motifs is 1. The molecule has 24 heavy (non-hydrogen) atoms. The number of rotatable bonds is 5. The zero-order valence-electron chi connectivity index (χ0n) is 12.9. The van der Waals surface area contributed by atoms with Crippen LogP contribution in [0.5, 0.6) is 0 Å². The molecular weight excluding hydrogens is 370 g/mol. The van der Waals surface area contributed by atoms with Crippen molar-refractivity contribution in [1.82, 2.24) is 0 Å². The van der Waals surface area contributed by atoms with Gasteiger partial charge in [-0.15, -0.1) is 6.58 Å². The number of para-hydroxylation sites is 1. The van der Waals surface area contributed by atoms with E-state index in [2.05, 4.69) is 22.5 Å². The first-order valence-electron chi connectivity index (χ1n) is 7.51. The van der Waals surface area contributed by atoms with E-state index < -0.39 is 11.5 Å². The molecule has 0 fully saturated rings. The zero-order valence-corrected chi connectivity index (χ0v) is 14.5. The monoisotopic (exact) mass is 385 g/mol. The summed E-state index contributed by atoms with van der Waals surface area (Å²) in [5.74, 6) is -0.783. The van der Waals surface area contributed by atoms with Gasteiger partial charge in [0, 0.05) is 22.1 Å². The van der Waals surface area contributed by atoms with Crippen molar-refractivity contribution in [2.75, 3.05) is 11.4 Å². The van der Waals surface area contributed by atoms with Gasteiger partial charge in [0.25, 0.3) is 5.91 Å². The van der Waals surface area contributed by atoms with Crippen molar-refractivity contribution < 1.29 is 14.7 Å². The highest BCUT2D eigenvalue weighted by molar-refractivity contribution is 9.10.